The van der Waals surface area contributed by atoms with Gasteiger partial charge in [-0.3, -0.25) is 0 Å². The topological polar surface area (TPSA) is 41.5 Å². The number of nitrogens with one attached hydrogen (secondary N) is 1. The van der Waals surface area contributed by atoms with Crippen molar-refractivity contribution in [3.05, 3.63) is 59.7 Å². The number of aromatic hydroxyl groups is 1. The van der Waals surface area contributed by atoms with Crippen molar-refractivity contribution in [1.29, 1.82) is 0 Å². The summed E-state index contributed by atoms with van der Waals surface area (Å²) < 4.78 is 5.19. The van der Waals surface area contributed by atoms with Crippen molar-refractivity contribution in [3.63, 3.8) is 0 Å². The molecule has 0 unspecified atom stereocenters. The Balaban J connectivity index is 1.98. The van der Waals surface area contributed by atoms with Gasteiger partial charge in [0, 0.05) is 24.1 Å². The lowest BCUT2D eigenvalue weighted by molar-refractivity contribution is 0.408. The summed E-state index contributed by atoms with van der Waals surface area (Å²) in [4.78, 5) is 0. The van der Waals surface area contributed by atoms with E-state index in [9.17, 15) is 5.11 Å². The third kappa shape index (κ3) is 3.99. The minimum absolute atomic E-state index is 0.0374. The van der Waals surface area contributed by atoms with Gasteiger partial charge in [0.15, 0.2) is 0 Å². The highest BCUT2D eigenvalue weighted by molar-refractivity contribution is 5.39. The summed E-state index contributed by atoms with van der Waals surface area (Å²) in [7, 11) is 1.63. The zero-order valence-corrected chi connectivity index (χ0v) is 12.9. The summed E-state index contributed by atoms with van der Waals surface area (Å²) in [5.41, 5.74) is 2.18. The van der Waals surface area contributed by atoms with E-state index in [0.717, 1.165) is 17.9 Å². The molecule has 0 radical (unpaired) electrons. The number of phenols is 1. The fourth-order valence-corrected chi connectivity index (χ4v) is 2.33. The number of benzene rings is 2. The lowest BCUT2D eigenvalue weighted by Gasteiger charge is -2.26. The molecule has 2 aromatic carbocycles. The molecule has 0 aromatic heterocycles. The number of ether oxygens (including phenoxy) is 1. The van der Waals surface area contributed by atoms with Gasteiger partial charge in [0.2, 0.25) is 0 Å². The molecule has 3 heteroatoms. The third-order valence-corrected chi connectivity index (χ3v) is 3.72. The van der Waals surface area contributed by atoms with Gasteiger partial charge < -0.3 is 15.2 Å². The molecule has 0 bridgehead atoms. The van der Waals surface area contributed by atoms with E-state index in [1.165, 1.54) is 5.56 Å². The van der Waals surface area contributed by atoms with Gasteiger partial charge in [-0.05, 0) is 23.8 Å². The number of hydrogen-bond donors (Lipinski definition) is 2. The molecule has 0 fully saturated rings. The highest BCUT2D eigenvalue weighted by Crippen LogP contribution is 2.24. The van der Waals surface area contributed by atoms with Gasteiger partial charge in [-0.2, -0.15) is 0 Å². The molecular weight excluding hydrogens is 262 g/mol. The predicted octanol–water partition coefficient (Wildman–Crippen LogP) is 3.47. The molecule has 0 aliphatic rings. The second kappa shape index (κ2) is 6.64. The van der Waals surface area contributed by atoms with Crippen molar-refractivity contribution in [2.75, 3.05) is 13.7 Å². The second-order valence-corrected chi connectivity index (χ2v) is 5.85. The average Bonchev–Trinajstić information content (AvgIpc) is 2.50. The summed E-state index contributed by atoms with van der Waals surface area (Å²) in [6.45, 7) is 5.86. The Labute approximate surface area is 126 Å². The molecule has 0 saturated carbocycles. The number of phenolic OH excluding ortho intramolecular Hbond substituents is 1. The minimum atomic E-state index is 0.0374. The van der Waals surface area contributed by atoms with E-state index in [4.69, 9.17) is 4.74 Å². The Hall–Kier alpha value is -2.00. The Kier molecular flexibility index (Phi) is 4.86. The molecule has 0 heterocycles. The predicted molar refractivity (Wildman–Crippen MR) is 85.8 cm³/mol. The van der Waals surface area contributed by atoms with Crippen LogP contribution in [-0.2, 0) is 12.0 Å². The first-order valence-corrected chi connectivity index (χ1v) is 7.15. The number of hydrogen-bond acceptors (Lipinski definition) is 3. The van der Waals surface area contributed by atoms with E-state index in [1.54, 1.807) is 19.2 Å². The molecule has 0 saturated heterocycles. The maximum atomic E-state index is 9.88. The van der Waals surface area contributed by atoms with Crippen molar-refractivity contribution in [2.24, 2.45) is 0 Å². The molecule has 0 atom stereocenters. The summed E-state index contributed by atoms with van der Waals surface area (Å²) in [5.74, 6) is 1.05. The molecule has 0 spiro atoms. The zero-order valence-electron chi connectivity index (χ0n) is 12.9. The van der Waals surface area contributed by atoms with Crippen LogP contribution < -0.4 is 10.1 Å². The van der Waals surface area contributed by atoms with Crippen LogP contribution in [0.3, 0.4) is 0 Å². The Bertz CT molecular complexity index is 579. The first-order chi connectivity index (χ1) is 10.0. The average molecular weight is 285 g/mol. The molecule has 21 heavy (non-hydrogen) atoms. The molecular formula is C18H23NO2. The van der Waals surface area contributed by atoms with E-state index in [-0.39, 0.29) is 5.41 Å². The summed E-state index contributed by atoms with van der Waals surface area (Å²) in [6, 6.07) is 15.7. The standard InChI is InChI=1S/C18H23NO2/c1-18(2,15-7-5-4-6-8-15)13-19-12-14-11-16(21-3)9-10-17(14)20/h4-11,19-20H,12-13H2,1-3H3. The fourth-order valence-electron chi connectivity index (χ4n) is 2.33. The van der Waals surface area contributed by atoms with Crippen molar-refractivity contribution in [2.45, 2.75) is 25.8 Å². The first-order valence-electron chi connectivity index (χ1n) is 7.15. The van der Waals surface area contributed by atoms with Crippen LogP contribution in [0.5, 0.6) is 11.5 Å². The Morgan fingerprint density at radius 3 is 2.48 bits per heavy atom. The van der Waals surface area contributed by atoms with Gasteiger partial charge in [0.05, 0.1) is 7.11 Å². The zero-order chi connectivity index (χ0) is 15.3. The van der Waals surface area contributed by atoms with E-state index in [2.05, 4.69) is 43.4 Å². The molecule has 3 nitrogen and oxygen atoms in total. The summed E-state index contributed by atoms with van der Waals surface area (Å²) in [5, 5.41) is 13.3. The maximum absolute atomic E-state index is 9.88. The first kappa shape index (κ1) is 15.4. The van der Waals surface area contributed by atoms with Crippen molar-refractivity contribution >= 4 is 0 Å². The SMILES string of the molecule is COc1ccc(O)c(CNCC(C)(C)c2ccccc2)c1. The normalized spacial score (nSPS) is 11.4. The van der Waals surface area contributed by atoms with Gasteiger partial charge in [-0.1, -0.05) is 44.2 Å². The fraction of sp³-hybridized carbons (Fsp3) is 0.333. The van der Waals surface area contributed by atoms with Gasteiger partial charge >= 0.3 is 0 Å². The van der Waals surface area contributed by atoms with E-state index < -0.39 is 0 Å². The maximum Gasteiger partial charge on any atom is 0.120 e. The van der Waals surface area contributed by atoms with Crippen LogP contribution in [0.4, 0.5) is 0 Å². The molecule has 2 N–H and O–H groups in total. The number of rotatable bonds is 6. The monoisotopic (exact) mass is 285 g/mol. The lowest BCUT2D eigenvalue weighted by atomic mass is 9.84. The van der Waals surface area contributed by atoms with Gasteiger partial charge in [-0.25, -0.2) is 0 Å². The third-order valence-electron chi connectivity index (χ3n) is 3.72. The van der Waals surface area contributed by atoms with Crippen LogP contribution in [-0.4, -0.2) is 18.8 Å². The van der Waals surface area contributed by atoms with Crippen LogP contribution in [0.15, 0.2) is 48.5 Å². The van der Waals surface area contributed by atoms with Gasteiger partial charge in [-0.15, -0.1) is 0 Å². The summed E-state index contributed by atoms with van der Waals surface area (Å²) >= 11 is 0. The van der Waals surface area contributed by atoms with Crippen LogP contribution in [0, 0.1) is 0 Å². The molecule has 0 aliphatic carbocycles. The lowest BCUT2D eigenvalue weighted by Crippen LogP contribution is -2.32. The van der Waals surface area contributed by atoms with Crippen LogP contribution >= 0.6 is 0 Å². The minimum Gasteiger partial charge on any atom is -0.508 e. The van der Waals surface area contributed by atoms with Crippen LogP contribution in [0.2, 0.25) is 0 Å². The largest absolute Gasteiger partial charge is 0.508 e. The van der Waals surface area contributed by atoms with Crippen molar-refractivity contribution < 1.29 is 9.84 Å². The number of methoxy groups -OCH3 is 1. The molecule has 2 rings (SSSR count). The molecule has 112 valence electrons. The Morgan fingerprint density at radius 2 is 1.81 bits per heavy atom. The highest BCUT2D eigenvalue weighted by Gasteiger charge is 2.19. The van der Waals surface area contributed by atoms with Gasteiger partial charge in [0.25, 0.3) is 0 Å². The van der Waals surface area contributed by atoms with Crippen molar-refractivity contribution in [3.8, 4) is 11.5 Å². The van der Waals surface area contributed by atoms with Crippen molar-refractivity contribution in [1.82, 2.24) is 5.32 Å². The second-order valence-electron chi connectivity index (χ2n) is 5.85. The van der Waals surface area contributed by atoms with E-state index in [1.807, 2.05) is 12.1 Å². The molecule has 0 amide bonds. The van der Waals surface area contributed by atoms with Gasteiger partial charge in [0.1, 0.15) is 11.5 Å². The van der Waals surface area contributed by atoms with E-state index >= 15 is 0 Å². The molecule has 0 aliphatic heterocycles. The quantitative estimate of drug-likeness (QED) is 0.854. The Morgan fingerprint density at radius 1 is 1.10 bits per heavy atom. The molecule has 2 aromatic rings. The van der Waals surface area contributed by atoms with Crippen LogP contribution in [0.25, 0.3) is 0 Å². The highest BCUT2D eigenvalue weighted by atomic mass is 16.5. The van der Waals surface area contributed by atoms with E-state index in [0.29, 0.717) is 12.3 Å². The van der Waals surface area contributed by atoms with Crippen LogP contribution in [0.1, 0.15) is 25.0 Å². The summed E-state index contributed by atoms with van der Waals surface area (Å²) in [6.07, 6.45) is 0. The smallest absolute Gasteiger partial charge is 0.120 e.